The summed E-state index contributed by atoms with van der Waals surface area (Å²) in [6.07, 6.45) is 6.87. The standard InChI is InChI=1S/C11H19N3/c12-10-5-3-9(4-6-10)8-14-11-2-1-7-13-11/h1-2,7,9-10,13-14H,3-6,8,12H2. The van der Waals surface area contributed by atoms with E-state index < -0.39 is 0 Å². The van der Waals surface area contributed by atoms with Crippen LogP contribution in [0.15, 0.2) is 18.3 Å². The van der Waals surface area contributed by atoms with Crippen LogP contribution in [0.3, 0.4) is 0 Å². The lowest BCUT2D eigenvalue weighted by atomic mass is 9.86. The fraction of sp³-hybridized carbons (Fsp3) is 0.636. The van der Waals surface area contributed by atoms with E-state index in [-0.39, 0.29) is 0 Å². The monoisotopic (exact) mass is 193 g/mol. The third-order valence-corrected chi connectivity index (χ3v) is 3.07. The van der Waals surface area contributed by atoms with Crippen molar-refractivity contribution in [2.24, 2.45) is 11.7 Å². The highest BCUT2D eigenvalue weighted by Gasteiger charge is 2.17. The average molecular weight is 193 g/mol. The fourth-order valence-electron chi connectivity index (χ4n) is 2.09. The van der Waals surface area contributed by atoms with E-state index in [4.69, 9.17) is 5.73 Å². The molecule has 3 heteroatoms. The van der Waals surface area contributed by atoms with Gasteiger partial charge in [0.2, 0.25) is 0 Å². The van der Waals surface area contributed by atoms with Gasteiger partial charge in [-0.05, 0) is 43.7 Å². The molecular weight excluding hydrogens is 174 g/mol. The molecule has 3 nitrogen and oxygen atoms in total. The summed E-state index contributed by atoms with van der Waals surface area (Å²) in [5.41, 5.74) is 5.86. The van der Waals surface area contributed by atoms with Crippen molar-refractivity contribution in [1.82, 2.24) is 4.98 Å². The maximum Gasteiger partial charge on any atom is 0.103 e. The predicted molar refractivity (Wildman–Crippen MR) is 59.2 cm³/mol. The van der Waals surface area contributed by atoms with Crippen molar-refractivity contribution >= 4 is 5.82 Å². The van der Waals surface area contributed by atoms with E-state index in [0.717, 1.165) is 18.3 Å². The smallest absolute Gasteiger partial charge is 0.103 e. The maximum absolute atomic E-state index is 5.86. The molecule has 0 amide bonds. The Hall–Kier alpha value is -0.960. The van der Waals surface area contributed by atoms with Crippen LogP contribution >= 0.6 is 0 Å². The fourth-order valence-corrected chi connectivity index (χ4v) is 2.09. The first kappa shape index (κ1) is 9.59. The average Bonchev–Trinajstić information content (AvgIpc) is 2.70. The van der Waals surface area contributed by atoms with Crippen molar-refractivity contribution in [3.05, 3.63) is 18.3 Å². The summed E-state index contributed by atoms with van der Waals surface area (Å²) >= 11 is 0. The van der Waals surface area contributed by atoms with Gasteiger partial charge in [0.1, 0.15) is 5.82 Å². The van der Waals surface area contributed by atoms with Crippen LogP contribution in [0.4, 0.5) is 5.82 Å². The van der Waals surface area contributed by atoms with E-state index in [1.165, 1.54) is 25.7 Å². The van der Waals surface area contributed by atoms with E-state index in [1.54, 1.807) is 0 Å². The molecule has 1 saturated carbocycles. The zero-order chi connectivity index (χ0) is 9.80. The number of aromatic nitrogens is 1. The molecule has 1 aromatic rings. The van der Waals surface area contributed by atoms with Crippen LogP contribution < -0.4 is 11.1 Å². The molecule has 1 aliphatic rings. The van der Waals surface area contributed by atoms with Gasteiger partial charge in [0.05, 0.1) is 0 Å². The van der Waals surface area contributed by atoms with Crippen LogP contribution in [0.1, 0.15) is 25.7 Å². The molecule has 0 bridgehead atoms. The van der Waals surface area contributed by atoms with Gasteiger partial charge in [-0.2, -0.15) is 0 Å². The number of hydrogen-bond donors (Lipinski definition) is 3. The first-order valence-corrected chi connectivity index (χ1v) is 5.47. The highest BCUT2D eigenvalue weighted by Crippen LogP contribution is 2.23. The van der Waals surface area contributed by atoms with E-state index >= 15 is 0 Å². The molecule has 0 saturated heterocycles. The van der Waals surface area contributed by atoms with E-state index in [9.17, 15) is 0 Å². The van der Waals surface area contributed by atoms with Gasteiger partial charge in [0.25, 0.3) is 0 Å². The van der Waals surface area contributed by atoms with Gasteiger partial charge in [-0.15, -0.1) is 0 Å². The molecule has 2 rings (SSSR count). The van der Waals surface area contributed by atoms with Gasteiger partial charge < -0.3 is 16.0 Å². The van der Waals surface area contributed by atoms with Gasteiger partial charge in [0.15, 0.2) is 0 Å². The molecule has 0 aromatic carbocycles. The second-order valence-corrected chi connectivity index (χ2v) is 4.25. The van der Waals surface area contributed by atoms with E-state index in [0.29, 0.717) is 6.04 Å². The molecular formula is C11H19N3. The third-order valence-electron chi connectivity index (χ3n) is 3.07. The van der Waals surface area contributed by atoms with Crippen molar-refractivity contribution in [3.63, 3.8) is 0 Å². The Morgan fingerprint density at radius 2 is 2.14 bits per heavy atom. The maximum atomic E-state index is 5.86. The summed E-state index contributed by atoms with van der Waals surface area (Å²) in [4.78, 5) is 3.15. The molecule has 0 radical (unpaired) electrons. The molecule has 0 atom stereocenters. The van der Waals surface area contributed by atoms with Gasteiger partial charge in [-0.3, -0.25) is 0 Å². The summed E-state index contributed by atoms with van der Waals surface area (Å²) in [6.45, 7) is 1.08. The van der Waals surface area contributed by atoms with E-state index in [1.807, 2.05) is 12.3 Å². The molecule has 1 aromatic heterocycles. The lowest BCUT2D eigenvalue weighted by Gasteiger charge is -2.26. The largest absolute Gasteiger partial charge is 0.371 e. The molecule has 1 fully saturated rings. The molecule has 14 heavy (non-hydrogen) atoms. The van der Waals surface area contributed by atoms with Gasteiger partial charge >= 0.3 is 0 Å². The Morgan fingerprint density at radius 3 is 2.79 bits per heavy atom. The van der Waals surface area contributed by atoms with Crippen LogP contribution in [0, 0.1) is 5.92 Å². The molecule has 0 aliphatic heterocycles. The Labute approximate surface area is 85.1 Å². The summed E-state index contributed by atoms with van der Waals surface area (Å²) in [6, 6.07) is 4.53. The molecule has 1 heterocycles. The molecule has 4 N–H and O–H groups in total. The Balaban J connectivity index is 1.71. The molecule has 1 aliphatic carbocycles. The van der Waals surface area contributed by atoms with Crippen LogP contribution in [-0.4, -0.2) is 17.6 Å². The topological polar surface area (TPSA) is 53.8 Å². The minimum Gasteiger partial charge on any atom is -0.371 e. The minimum atomic E-state index is 0.455. The molecule has 0 spiro atoms. The van der Waals surface area contributed by atoms with Crippen LogP contribution in [0.5, 0.6) is 0 Å². The number of rotatable bonds is 3. The van der Waals surface area contributed by atoms with Gasteiger partial charge in [-0.1, -0.05) is 0 Å². The van der Waals surface area contributed by atoms with Crippen molar-refractivity contribution in [2.75, 3.05) is 11.9 Å². The van der Waals surface area contributed by atoms with Crippen LogP contribution in [0.2, 0.25) is 0 Å². The minimum absolute atomic E-state index is 0.455. The zero-order valence-corrected chi connectivity index (χ0v) is 8.50. The quantitative estimate of drug-likeness (QED) is 0.687. The van der Waals surface area contributed by atoms with Gasteiger partial charge in [-0.25, -0.2) is 0 Å². The first-order valence-electron chi connectivity index (χ1n) is 5.47. The number of hydrogen-bond acceptors (Lipinski definition) is 2. The summed E-state index contributed by atoms with van der Waals surface area (Å²) in [5.74, 6) is 1.93. The van der Waals surface area contributed by atoms with Crippen molar-refractivity contribution in [3.8, 4) is 0 Å². The summed E-state index contributed by atoms with van der Waals surface area (Å²) < 4.78 is 0. The van der Waals surface area contributed by atoms with Crippen molar-refractivity contribution in [1.29, 1.82) is 0 Å². The number of nitrogens with one attached hydrogen (secondary N) is 2. The van der Waals surface area contributed by atoms with Crippen LogP contribution in [-0.2, 0) is 0 Å². The molecule has 0 unspecified atom stereocenters. The second kappa shape index (κ2) is 4.51. The Morgan fingerprint density at radius 1 is 1.36 bits per heavy atom. The predicted octanol–water partition coefficient (Wildman–Crippen LogP) is 1.94. The number of nitrogens with two attached hydrogens (primary N) is 1. The molecule has 78 valence electrons. The summed E-state index contributed by atoms with van der Waals surface area (Å²) in [5, 5.41) is 3.41. The number of H-pyrrole nitrogens is 1. The van der Waals surface area contributed by atoms with Crippen molar-refractivity contribution in [2.45, 2.75) is 31.7 Å². The van der Waals surface area contributed by atoms with Crippen molar-refractivity contribution < 1.29 is 0 Å². The Kier molecular flexibility index (Phi) is 3.09. The number of anilines is 1. The number of aromatic amines is 1. The Bertz CT molecular complexity index is 248. The lowest BCUT2D eigenvalue weighted by Crippen LogP contribution is -2.29. The summed E-state index contributed by atoms with van der Waals surface area (Å²) in [7, 11) is 0. The zero-order valence-electron chi connectivity index (χ0n) is 8.50. The van der Waals surface area contributed by atoms with E-state index in [2.05, 4.69) is 16.4 Å². The first-order chi connectivity index (χ1) is 6.84. The highest BCUT2D eigenvalue weighted by molar-refractivity contribution is 5.33. The SMILES string of the molecule is NC1CCC(CNc2ccc[nH]2)CC1. The normalized spacial score (nSPS) is 27.5. The van der Waals surface area contributed by atoms with Gasteiger partial charge in [0, 0.05) is 18.8 Å². The lowest BCUT2D eigenvalue weighted by molar-refractivity contribution is 0.338. The highest BCUT2D eigenvalue weighted by atomic mass is 15.0. The second-order valence-electron chi connectivity index (χ2n) is 4.25. The van der Waals surface area contributed by atoms with Crippen LogP contribution in [0.25, 0.3) is 0 Å². The third kappa shape index (κ3) is 2.51.